The zero-order valence-corrected chi connectivity index (χ0v) is 17.5. The number of amides is 1. The fourth-order valence-corrected chi connectivity index (χ4v) is 4.35. The summed E-state index contributed by atoms with van der Waals surface area (Å²) in [6.45, 7) is 1.36. The molecule has 31 heavy (non-hydrogen) atoms. The summed E-state index contributed by atoms with van der Waals surface area (Å²) in [7, 11) is 1.67. The molecule has 1 saturated heterocycles. The number of hydrogen-bond acceptors (Lipinski definition) is 4. The summed E-state index contributed by atoms with van der Waals surface area (Å²) < 4.78 is 11.5. The molecule has 1 amide bonds. The van der Waals surface area contributed by atoms with Crippen molar-refractivity contribution >= 4 is 16.8 Å². The zero-order valence-electron chi connectivity index (χ0n) is 17.5. The van der Waals surface area contributed by atoms with E-state index in [1.807, 2.05) is 59.5 Å². The quantitative estimate of drug-likeness (QED) is 0.509. The number of rotatable bonds is 5. The fourth-order valence-electron chi connectivity index (χ4n) is 4.35. The summed E-state index contributed by atoms with van der Waals surface area (Å²) in [6, 6.07) is 17.8. The molecule has 0 aliphatic carbocycles. The average molecular weight is 415 g/mol. The lowest BCUT2D eigenvalue weighted by Gasteiger charge is -2.31. The van der Waals surface area contributed by atoms with Gasteiger partial charge in [-0.25, -0.2) is 4.98 Å². The van der Waals surface area contributed by atoms with Gasteiger partial charge in [0.05, 0.1) is 19.2 Å². The average Bonchev–Trinajstić information content (AvgIpc) is 3.46. The second-order valence-corrected chi connectivity index (χ2v) is 8.01. The number of methoxy groups -OCH3 is 1. The number of para-hydroxylation sites is 2. The van der Waals surface area contributed by atoms with Gasteiger partial charge < -0.3 is 19.0 Å². The van der Waals surface area contributed by atoms with Crippen LogP contribution in [0.2, 0.25) is 0 Å². The highest BCUT2D eigenvalue weighted by atomic mass is 16.5. The van der Waals surface area contributed by atoms with Gasteiger partial charge in [0.25, 0.3) is 5.91 Å². The minimum absolute atomic E-state index is 0.0294. The smallest absolute Gasteiger partial charge is 0.270 e. The molecular formula is C25H25N3O3. The minimum atomic E-state index is 0.0294. The van der Waals surface area contributed by atoms with E-state index in [4.69, 9.17) is 9.15 Å². The Kier molecular flexibility index (Phi) is 5.20. The number of H-pyrrole nitrogens is 1. The van der Waals surface area contributed by atoms with Crippen LogP contribution in [0.4, 0.5) is 0 Å². The second-order valence-electron chi connectivity index (χ2n) is 8.01. The van der Waals surface area contributed by atoms with Gasteiger partial charge in [-0.2, -0.15) is 0 Å². The highest BCUT2D eigenvalue weighted by Crippen LogP contribution is 2.29. The van der Waals surface area contributed by atoms with E-state index in [9.17, 15) is 4.79 Å². The first-order valence-electron chi connectivity index (χ1n) is 10.6. The number of nitrogens with zero attached hydrogens (tertiary/aromatic N) is 2. The van der Waals surface area contributed by atoms with Gasteiger partial charge in [-0.1, -0.05) is 36.4 Å². The van der Waals surface area contributed by atoms with E-state index in [0.29, 0.717) is 24.6 Å². The van der Waals surface area contributed by atoms with Crippen molar-refractivity contribution < 1.29 is 13.9 Å². The normalized spacial score (nSPS) is 16.5. The number of likely N-dealkylation sites (tertiary alicyclic amines) is 1. The van der Waals surface area contributed by atoms with Crippen molar-refractivity contribution in [3.8, 4) is 5.75 Å². The Bertz CT molecular complexity index is 1180. The lowest BCUT2D eigenvalue weighted by Crippen LogP contribution is -2.39. The Balaban J connectivity index is 1.30. The molecule has 6 nitrogen and oxygen atoms in total. The maximum Gasteiger partial charge on any atom is 0.270 e. The van der Waals surface area contributed by atoms with Crippen LogP contribution in [-0.2, 0) is 6.42 Å². The Morgan fingerprint density at radius 2 is 2.06 bits per heavy atom. The van der Waals surface area contributed by atoms with Gasteiger partial charge >= 0.3 is 0 Å². The number of carbonyl (C=O) groups is 1. The first-order chi connectivity index (χ1) is 15.2. The van der Waals surface area contributed by atoms with Crippen LogP contribution >= 0.6 is 0 Å². The van der Waals surface area contributed by atoms with Crippen LogP contribution in [0.15, 0.2) is 65.2 Å². The molecule has 1 aliphatic rings. The number of nitrogens with one attached hydrogen (secondary N) is 1. The lowest BCUT2D eigenvalue weighted by atomic mass is 9.97. The zero-order chi connectivity index (χ0) is 21.2. The minimum Gasteiger partial charge on any atom is -0.496 e. The summed E-state index contributed by atoms with van der Waals surface area (Å²) in [5.74, 6) is 2.49. The maximum absolute atomic E-state index is 13.1. The van der Waals surface area contributed by atoms with E-state index in [1.165, 1.54) is 0 Å². The molecule has 1 unspecified atom stereocenters. The predicted molar refractivity (Wildman–Crippen MR) is 118 cm³/mol. The van der Waals surface area contributed by atoms with Gasteiger partial charge in [0, 0.05) is 36.0 Å². The number of hydrogen-bond donors (Lipinski definition) is 1. The van der Waals surface area contributed by atoms with E-state index in [0.717, 1.165) is 47.4 Å². The van der Waals surface area contributed by atoms with Crippen molar-refractivity contribution in [3.63, 3.8) is 0 Å². The molecule has 6 heteroatoms. The Hall–Kier alpha value is -3.54. The first kappa shape index (κ1) is 19.4. The van der Waals surface area contributed by atoms with Crippen molar-refractivity contribution in [3.05, 3.63) is 83.7 Å². The van der Waals surface area contributed by atoms with Crippen LogP contribution in [0.3, 0.4) is 0 Å². The van der Waals surface area contributed by atoms with E-state index >= 15 is 0 Å². The highest BCUT2D eigenvalue weighted by molar-refractivity contribution is 5.98. The number of aromatic nitrogens is 2. The maximum atomic E-state index is 13.1. The summed E-state index contributed by atoms with van der Waals surface area (Å²) in [6.07, 6.45) is 4.31. The molecule has 4 aromatic rings. The van der Waals surface area contributed by atoms with Gasteiger partial charge in [-0.15, -0.1) is 0 Å². The van der Waals surface area contributed by atoms with Crippen LogP contribution in [0.5, 0.6) is 5.75 Å². The Morgan fingerprint density at radius 1 is 1.23 bits per heavy atom. The molecule has 5 rings (SSSR count). The van der Waals surface area contributed by atoms with E-state index in [1.54, 1.807) is 13.3 Å². The van der Waals surface area contributed by atoms with Crippen molar-refractivity contribution in [2.75, 3.05) is 20.2 Å². The van der Waals surface area contributed by atoms with Crippen LogP contribution in [0, 0.1) is 0 Å². The van der Waals surface area contributed by atoms with Gasteiger partial charge in [0.15, 0.2) is 5.89 Å². The number of benzene rings is 2. The second kappa shape index (κ2) is 8.30. The summed E-state index contributed by atoms with van der Waals surface area (Å²) in [4.78, 5) is 22.8. The molecule has 0 spiro atoms. The SMILES string of the molecule is COc1ccccc1Cc1cnc(C2CCCN(C(=O)c3cc4ccccc4[nH]3)C2)o1. The standard InChI is InChI=1S/C25H25N3O3/c1-30-23-11-5-3-8-18(23)13-20-15-26-24(31-20)19-9-6-12-28(16-19)25(29)22-14-17-7-2-4-10-21(17)27-22/h2-5,7-8,10-11,14-15,19,27H,6,9,12-13,16H2,1H3. The Labute approximate surface area is 180 Å². The van der Waals surface area contributed by atoms with Crippen molar-refractivity contribution in [1.82, 2.24) is 14.9 Å². The van der Waals surface area contributed by atoms with Crippen molar-refractivity contribution in [1.29, 1.82) is 0 Å². The number of oxazole rings is 1. The number of carbonyl (C=O) groups excluding carboxylic acids is 1. The molecule has 0 bridgehead atoms. The lowest BCUT2D eigenvalue weighted by molar-refractivity contribution is 0.0693. The number of fused-ring (bicyclic) bond motifs is 1. The van der Waals surface area contributed by atoms with E-state index in [2.05, 4.69) is 9.97 Å². The monoisotopic (exact) mass is 415 g/mol. The van der Waals surface area contributed by atoms with Gasteiger partial charge in [0.2, 0.25) is 0 Å². The van der Waals surface area contributed by atoms with Crippen LogP contribution in [0.1, 0.15) is 46.5 Å². The molecule has 158 valence electrons. The third kappa shape index (κ3) is 3.93. The third-order valence-electron chi connectivity index (χ3n) is 5.95. The molecule has 2 aromatic heterocycles. The van der Waals surface area contributed by atoms with Crippen LogP contribution < -0.4 is 4.74 Å². The van der Waals surface area contributed by atoms with Crippen molar-refractivity contribution in [2.45, 2.75) is 25.2 Å². The first-order valence-corrected chi connectivity index (χ1v) is 10.6. The molecule has 2 aromatic carbocycles. The van der Waals surface area contributed by atoms with Gasteiger partial charge in [-0.05, 0) is 31.0 Å². The molecule has 0 radical (unpaired) electrons. The number of ether oxygens (including phenoxy) is 1. The highest BCUT2D eigenvalue weighted by Gasteiger charge is 2.29. The van der Waals surface area contributed by atoms with Crippen molar-refractivity contribution in [2.24, 2.45) is 0 Å². The molecule has 1 fully saturated rings. The molecule has 3 heterocycles. The third-order valence-corrected chi connectivity index (χ3v) is 5.95. The molecular weight excluding hydrogens is 390 g/mol. The van der Waals surface area contributed by atoms with E-state index < -0.39 is 0 Å². The van der Waals surface area contributed by atoms with Gasteiger partial charge in [0.1, 0.15) is 17.2 Å². The molecule has 1 atom stereocenters. The summed E-state index contributed by atoms with van der Waals surface area (Å²) in [5.41, 5.74) is 2.67. The molecule has 1 N–H and O–H groups in total. The van der Waals surface area contributed by atoms with Crippen LogP contribution in [0.25, 0.3) is 10.9 Å². The van der Waals surface area contributed by atoms with Crippen LogP contribution in [-0.4, -0.2) is 41.0 Å². The summed E-state index contributed by atoms with van der Waals surface area (Å²) in [5, 5.41) is 1.05. The number of piperidine rings is 1. The molecule has 0 saturated carbocycles. The fraction of sp³-hybridized carbons (Fsp3) is 0.280. The largest absolute Gasteiger partial charge is 0.496 e. The topological polar surface area (TPSA) is 71.4 Å². The summed E-state index contributed by atoms with van der Waals surface area (Å²) >= 11 is 0. The predicted octanol–water partition coefficient (Wildman–Crippen LogP) is 4.78. The molecule has 1 aliphatic heterocycles. The van der Waals surface area contributed by atoms with Gasteiger partial charge in [-0.3, -0.25) is 4.79 Å². The van der Waals surface area contributed by atoms with E-state index in [-0.39, 0.29) is 11.8 Å². The number of aromatic amines is 1. The Morgan fingerprint density at radius 3 is 2.94 bits per heavy atom.